The molecule has 0 aromatic heterocycles. The van der Waals surface area contributed by atoms with E-state index in [0.717, 1.165) is 19.3 Å². The fourth-order valence-electron chi connectivity index (χ4n) is 1.76. The summed E-state index contributed by atoms with van der Waals surface area (Å²) in [6, 6.07) is 3.19. The number of Topliss-reactive ketones (excluding diaryl/α,β-unsaturated/α-hetero) is 1. The first kappa shape index (κ1) is 11.7. The van der Waals surface area contributed by atoms with E-state index in [4.69, 9.17) is 27.9 Å². The van der Waals surface area contributed by atoms with Gasteiger partial charge in [-0.1, -0.05) is 29.6 Å². The van der Waals surface area contributed by atoms with E-state index in [2.05, 4.69) is 0 Å². The van der Waals surface area contributed by atoms with Crippen LogP contribution in [0.25, 0.3) is 0 Å². The molecule has 1 aromatic rings. The minimum absolute atomic E-state index is 0.0980. The molecule has 0 atom stereocenters. The Morgan fingerprint density at radius 3 is 2.50 bits per heavy atom. The van der Waals surface area contributed by atoms with Crippen LogP contribution >= 0.6 is 23.2 Å². The summed E-state index contributed by atoms with van der Waals surface area (Å²) in [4.78, 5) is 12.0. The number of rotatable bonds is 3. The molecule has 16 heavy (non-hydrogen) atoms. The van der Waals surface area contributed by atoms with Gasteiger partial charge in [0.2, 0.25) is 0 Å². The Kier molecular flexibility index (Phi) is 3.41. The number of carbonyl (C=O) groups excluding carboxylic acids is 1. The third-order valence-corrected chi connectivity index (χ3v) is 3.59. The van der Waals surface area contributed by atoms with E-state index >= 15 is 0 Å². The quantitative estimate of drug-likeness (QED) is 0.767. The van der Waals surface area contributed by atoms with Gasteiger partial charge in [0.25, 0.3) is 0 Å². The molecule has 0 unspecified atom stereocenters. The number of hydrogen-bond acceptors (Lipinski definition) is 2. The number of ketones is 1. The molecule has 1 aliphatic carbocycles. The maximum Gasteiger partial charge on any atom is 0.167 e. The first-order valence-corrected chi connectivity index (χ1v) is 5.96. The number of benzene rings is 1. The van der Waals surface area contributed by atoms with E-state index in [1.165, 1.54) is 7.11 Å². The highest BCUT2D eigenvalue weighted by atomic mass is 35.5. The highest BCUT2D eigenvalue weighted by Gasteiger charge is 2.28. The summed E-state index contributed by atoms with van der Waals surface area (Å²) in [5, 5.41) is 0.840. The molecular weight excluding hydrogens is 247 g/mol. The molecule has 1 aromatic carbocycles. The number of methoxy groups -OCH3 is 1. The second-order valence-electron chi connectivity index (χ2n) is 3.96. The minimum atomic E-state index is 0.0980. The van der Waals surface area contributed by atoms with Gasteiger partial charge in [-0.3, -0.25) is 4.79 Å². The van der Waals surface area contributed by atoms with Gasteiger partial charge in [-0.2, -0.15) is 0 Å². The smallest absolute Gasteiger partial charge is 0.167 e. The first-order valence-electron chi connectivity index (χ1n) is 5.20. The van der Waals surface area contributed by atoms with Crippen LogP contribution in [0.5, 0.6) is 5.75 Å². The van der Waals surface area contributed by atoms with Gasteiger partial charge in [-0.25, -0.2) is 0 Å². The maximum absolute atomic E-state index is 12.0. The van der Waals surface area contributed by atoms with Gasteiger partial charge in [-0.05, 0) is 18.9 Å². The van der Waals surface area contributed by atoms with E-state index in [1.807, 2.05) is 0 Å². The predicted octanol–water partition coefficient (Wildman–Crippen LogP) is 3.98. The maximum atomic E-state index is 12.0. The molecule has 0 spiro atoms. The third kappa shape index (κ3) is 2.04. The van der Waals surface area contributed by atoms with Gasteiger partial charge in [0, 0.05) is 17.5 Å². The molecule has 1 fully saturated rings. The Bertz CT molecular complexity index is 425. The highest BCUT2D eigenvalue weighted by molar-refractivity contribution is 6.36. The summed E-state index contributed by atoms with van der Waals surface area (Å²) < 4.78 is 5.03. The summed E-state index contributed by atoms with van der Waals surface area (Å²) in [7, 11) is 1.52. The van der Waals surface area contributed by atoms with Crippen molar-refractivity contribution in [2.24, 2.45) is 5.92 Å². The van der Waals surface area contributed by atoms with Gasteiger partial charge in [0.05, 0.1) is 17.2 Å². The molecule has 4 heteroatoms. The SMILES string of the molecule is COc1cc(Cl)c(C(=O)C2CCC2)cc1Cl. The topological polar surface area (TPSA) is 26.3 Å². The zero-order valence-corrected chi connectivity index (χ0v) is 10.4. The van der Waals surface area contributed by atoms with Gasteiger partial charge < -0.3 is 4.74 Å². The fraction of sp³-hybridized carbons (Fsp3) is 0.417. The van der Waals surface area contributed by atoms with E-state index in [-0.39, 0.29) is 11.7 Å². The van der Waals surface area contributed by atoms with Crippen molar-refractivity contribution in [1.82, 2.24) is 0 Å². The average molecular weight is 259 g/mol. The Hall–Kier alpha value is -0.730. The van der Waals surface area contributed by atoms with Gasteiger partial charge in [0.15, 0.2) is 5.78 Å². The lowest BCUT2D eigenvalue weighted by Gasteiger charge is -2.24. The minimum Gasteiger partial charge on any atom is -0.495 e. The van der Waals surface area contributed by atoms with Gasteiger partial charge >= 0.3 is 0 Å². The van der Waals surface area contributed by atoms with Crippen LogP contribution in [0.1, 0.15) is 29.6 Å². The van der Waals surface area contributed by atoms with Gasteiger partial charge in [-0.15, -0.1) is 0 Å². The van der Waals surface area contributed by atoms with Crippen molar-refractivity contribution >= 4 is 29.0 Å². The van der Waals surface area contributed by atoms with Crippen molar-refractivity contribution < 1.29 is 9.53 Å². The standard InChI is InChI=1S/C12H12Cl2O2/c1-16-11-6-9(13)8(5-10(11)14)12(15)7-3-2-4-7/h5-7H,2-4H2,1H3. The molecule has 2 rings (SSSR count). The lowest BCUT2D eigenvalue weighted by atomic mass is 9.80. The lowest BCUT2D eigenvalue weighted by molar-refractivity contribution is 0.0855. The molecule has 0 aliphatic heterocycles. The summed E-state index contributed by atoms with van der Waals surface area (Å²) in [5.74, 6) is 0.722. The predicted molar refractivity (Wildman–Crippen MR) is 64.7 cm³/mol. The Balaban J connectivity index is 2.33. The second kappa shape index (κ2) is 4.64. The third-order valence-electron chi connectivity index (χ3n) is 2.98. The zero-order valence-electron chi connectivity index (χ0n) is 8.93. The van der Waals surface area contributed by atoms with Crippen LogP contribution < -0.4 is 4.74 Å². The average Bonchev–Trinajstić information content (AvgIpc) is 2.18. The Labute approximate surface area is 104 Å². The van der Waals surface area contributed by atoms with Crippen LogP contribution in [0.3, 0.4) is 0 Å². The molecule has 2 nitrogen and oxygen atoms in total. The second-order valence-corrected chi connectivity index (χ2v) is 4.77. The van der Waals surface area contributed by atoms with Crippen LogP contribution in [0.4, 0.5) is 0 Å². The van der Waals surface area contributed by atoms with Crippen molar-refractivity contribution in [3.8, 4) is 5.75 Å². The monoisotopic (exact) mass is 258 g/mol. The van der Waals surface area contributed by atoms with Crippen LogP contribution in [0, 0.1) is 5.92 Å². The molecule has 0 radical (unpaired) electrons. The molecule has 0 N–H and O–H groups in total. The lowest BCUT2D eigenvalue weighted by Crippen LogP contribution is -2.22. The van der Waals surface area contributed by atoms with Crippen molar-refractivity contribution in [1.29, 1.82) is 0 Å². The van der Waals surface area contributed by atoms with Crippen molar-refractivity contribution in [2.45, 2.75) is 19.3 Å². The number of carbonyl (C=O) groups is 1. The highest BCUT2D eigenvalue weighted by Crippen LogP contribution is 2.36. The number of ether oxygens (including phenoxy) is 1. The normalized spacial score (nSPS) is 15.7. The summed E-state index contributed by atoms with van der Waals surface area (Å²) in [6.07, 6.45) is 3.04. The Morgan fingerprint density at radius 2 is 2.00 bits per heavy atom. The van der Waals surface area contributed by atoms with E-state index in [9.17, 15) is 4.79 Å². The van der Waals surface area contributed by atoms with Crippen LogP contribution in [-0.2, 0) is 0 Å². The molecule has 0 saturated heterocycles. The van der Waals surface area contributed by atoms with E-state index < -0.39 is 0 Å². The molecule has 86 valence electrons. The Morgan fingerprint density at radius 1 is 1.31 bits per heavy atom. The van der Waals surface area contributed by atoms with Crippen molar-refractivity contribution in [3.05, 3.63) is 27.7 Å². The first-order chi connectivity index (χ1) is 7.63. The zero-order chi connectivity index (χ0) is 11.7. The van der Waals surface area contributed by atoms with Crippen molar-refractivity contribution in [2.75, 3.05) is 7.11 Å². The molecule has 0 amide bonds. The molecule has 1 saturated carbocycles. The van der Waals surface area contributed by atoms with Crippen LogP contribution in [-0.4, -0.2) is 12.9 Å². The summed E-state index contributed by atoms with van der Waals surface area (Å²) in [5.41, 5.74) is 0.511. The summed E-state index contributed by atoms with van der Waals surface area (Å²) in [6.45, 7) is 0. The van der Waals surface area contributed by atoms with E-state index in [1.54, 1.807) is 12.1 Å². The van der Waals surface area contributed by atoms with Gasteiger partial charge in [0.1, 0.15) is 5.75 Å². The molecular formula is C12H12Cl2O2. The van der Waals surface area contributed by atoms with Crippen LogP contribution in [0.15, 0.2) is 12.1 Å². The molecule has 0 bridgehead atoms. The van der Waals surface area contributed by atoms with Crippen molar-refractivity contribution in [3.63, 3.8) is 0 Å². The van der Waals surface area contributed by atoms with Crippen LogP contribution in [0.2, 0.25) is 10.0 Å². The summed E-state index contributed by atoms with van der Waals surface area (Å²) >= 11 is 12.0. The molecule has 0 heterocycles. The largest absolute Gasteiger partial charge is 0.495 e. The fourth-order valence-corrected chi connectivity index (χ4v) is 2.25. The van der Waals surface area contributed by atoms with E-state index in [0.29, 0.717) is 21.4 Å². The number of hydrogen-bond donors (Lipinski definition) is 0. The molecule has 1 aliphatic rings. The number of halogens is 2.